The first-order valence-electron chi connectivity index (χ1n) is 10.1. The number of ether oxygens (including phenoxy) is 1. The lowest BCUT2D eigenvalue weighted by Crippen LogP contribution is -2.36. The van der Waals surface area contributed by atoms with Crippen LogP contribution in [0.4, 0.5) is 5.69 Å². The van der Waals surface area contributed by atoms with E-state index in [1.807, 2.05) is 42.5 Å². The van der Waals surface area contributed by atoms with Gasteiger partial charge in [0.2, 0.25) is 15.9 Å². The molecule has 1 amide bonds. The summed E-state index contributed by atoms with van der Waals surface area (Å²) in [5.74, 6) is 0.614. The van der Waals surface area contributed by atoms with Crippen LogP contribution in [-0.2, 0) is 34.2 Å². The largest absolute Gasteiger partial charge is 0.497 e. The minimum Gasteiger partial charge on any atom is -0.497 e. The van der Waals surface area contributed by atoms with Gasteiger partial charge in [0.1, 0.15) is 5.75 Å². The van der Waals surface area contributed by atoms with Crippen molar-refractivity contribution >= 4 is 21.6 Å². The summed E-state index contributed by atoms with van der Waals surface area (Å²) < 4.78 is 32.5. The van der Waals surface area contributed by atoms with Crippen LogP contribution in [-0.4, -0.2) is 32.3 Å². The number of nitrogens with one attached hydrogen (secondary N) is 1. The smallest absolute Gasteiger partial charge is 0.243 e. The molecule has 0 aliphatic carbocycles. The summed E-state index contributed by atoms with van der Waals surface area (Å²) in [6.45, 7) is 0.724. The molecule has 4 rings (SSSR count). The predicted molar refractivity (Wildman–Crippen MR) is 120 cm³/mol. The third kappa shape index (κ3) is 4.78. The SMILES string of the molecule is COc1ccc(CC(=O)Nc2ccc3c(c2)CN(S(=O)(=O)c2ccccc2)CC3)cc1. The van der Waals surface area contributed by atoms with Gasteiger partial charge in [0.05, 0.1) is 18.4 Å². The molecule has 6 nitrogen and oxygen atoms in total. The number of hydrogen-bond acceptors (Lipinski definition) is 4. The molecule has 0 fully saturated rings. The summed E-state index contributed by atoms with van der Waals surface area (Å²) in [5.41, 5.74) is 3.56. The Bertz CT molecular complexity index is 1180. The summed E-state index contributed by atoms with van der Waals surface area (Å²) in [6, 6.07) is 21.5. The van der Waals surface area contributed by atoms with E-state index < -0.39 is 10.0 Å². The molecule has 0 aromatic heterocycles. The molecule has 1 aliphatic rings. The first-order valence-corrected chi connectivity index (χ1v) is 11.5. The van der Waals surface area contributed by atoms with Gasteiger partial charge in [-0.2, -0.15) is 4.31 Å². The number of fused-ring (bicyclic) bond motifs is 1. The molecule has 0 atom stereocenters. The zero-order chi connectivity index (χ0) is 21.8. The molecule has 160 valence electrons. The minimum absolute atomic E-state index is 0.130. The van der Waals surface area contributed by atoms with Crippen LogP contribution in [0, 0.1) is 0 Å². The van der Waals surface area contributed by atoms with Crippen LogP contribution in [0.2, 0.25) is 0 Å². The maximum atomic E-state index is 13.0. The van der Waals surface area contributed by atoms with Crippen molar-refractivity contribution in [2.45, 2.75) is 24.3 Å². The maximum absolute atomic E-state index is 13.0. The normalized spacial score (nSPS) is 14.0. The number of carbonyl (C=O) groups excluding carboxylic acids is 1. The van der Waals surface area contributed by atoms with Crippen LogP contribution < -0.4 is 10.1 Å². The molecule has 0 radical (unpaired) electrons. The second-order valence-corrected chi connectivity index (χ2v) is 9.40. The van der Waals surface area contributed by atoms with Crippen molar-refractivity contribution in [2.24, 2.45) is 0 Å². The Balaban J connectivity index is 1.46. The molecule has 7 heteroatoms. The fourth-order valence-electron chi connectivity index (χ4n) is 3.69. The number of methoxy groups -OCH3 is 1. The highest BCUT2D eigenvalue weighted by Crippen LogP contribution is 2.27. The van der Waals surface area contributed by atoms with Gasteiger partial charge in [-0.1, -0.05) is 36.4 Å². The fourth-order valence-corrected chi connectivity index (χ4v) is 5.13. The Hall–Kier alpha value is -3.16. The third-order valence-electron chi connectivity index (χ3n) is 5.37. The van der Waals surface area contributed by atoms with Gasteiger partial charge < -0.3 is 10.1 Å². The van der Waals surface area contributed by atoms with Crippen molar-refractivity contribution in [1.82, 2.24) is 4.31 Å². The zero-order valence-electron chi connectivity index (χ0n) is 17.2. The average molecular weight is 437 g/mol. The molecule has 3 aromatic rings. The Kier molecular flexibility index (Phi) is 6.06. The highest BCUT2D eigenvalue weighted by molar-refractivity contribution is 7.89. The van der Waals surface area contributed by atoms with E-state index >= 15 is 0 Å². The van der Waals surface area contributed by atoms with Gasteiger partial charge in [0, 0.05) is 18.8 Å². The van der Waals surface area contributed by atoms with E-state index in [0.717, 1.165) is 22.4 Å². The van der Waals surface area contributed by atoms with Gasteiger partial charge >= 0.3 is 0 Å². The van der Waals surface area contributed by atoms with Crippen LogP contribution in [0.25, 0.3) is 0 Å². The van der Waals surface area contributed by atoms with Crippen molar-refractivity contribution in [3.8, 4) is 5.75 Å². The predicted octanol–water partition coefficient (Wildman–Crippen LogP) is 3.62. The van der Waals surface area contributed by atoms with E-state index in [-0.39, 0.29) is 18.9 Å². The lowest BCUT2D eigenvalue weighted by Gasteiger charge is -2.28. The van der Waals surface area contributed by atoms with Crippen LogP contribution in [0.5, 0.6) is 5.75 Å². The van der Waals surface area contributed by atoms with E-state index in [1.165, 1.54) is 4.31 Å². The highest BCUT2D eigenvalue weighted by Gasteiger charge is 2.28. The summed E-state index contributed by atoms with van der Waals surface area (Å²) in [5, 5.41) is 2.92. The summed E-state index contributed by atoms with van der Waals surface area (Å²) in [7, 11) is -1.95. The van der Waals surface area contributed by atoms with Crippen molar-refractivity contribution < 1.29 is 17.9 Å². The molecule has 0 spiro atoms. The van der Waals surface area contributed by atoms with Crippen LogP contribution in [0.3, 0.4) is 0 Å². The number of hydrogen-bond donors (Lipinski definition) is 1. The molecule has 0 saturated heterocycles. The standard InChI is InChI=1S/C24H24N2O4S/c1-30-22-11-7-18(8-12-22)15-24(27)25-21-10-9-19-13-14-26(17-20(19)16-21)31(28,29)23-5-3-2-4-6-23/h2-12,16H,13-15,17H2,1H3,(H,25,27). The van der Waals surface area contributed by atoms with E-state index in [4.69, 9.17) is 4.74 Å². The number of rotatable bonds is 6. The van der Waals surface area contributed by atoms with E-state index in [0.29, 0.717) is 23.5 Å². The van der Waals surface area contributed by atoms with Crippen LogP contribution in [0.1, 0.15) is 16.7 Å². The molecule has 0 unspecified atom stereocenters. The maximum Gasteiger partial charge on any atom is 0.243 e. The first-order chi connectivity index (χ1) is 15.0. The number of sulfonamides is 1. The lowest BCUT2D eigenvalue weighted by atomic mass is 10.0. The Morgan fingerprint density at radius 3 is 2.45 bits per heavy atom. The highest BCUT2D eigenvalue weighted by atomic mass is 32.2. The van der Waals surface area contributed by atoms with E-state index in [2.05, 4.69) is 5.32 Å². The minimum atomic E-state index is -3.55. The molecular weight excluding hydrogens is 412 g/mol. The van der Waals surface area contributed by atoms with Crippen molar-refractivity contribution in [2.75, 3.05) is 19.0 Å². The molecular formula is C24H24N2O4S. The lowest BCUT2D eigenvalue weighted by molar-refractivity contribution is -0.115. The van der Waals surface area contributed by atoms with Gasteiger partial charge in [-0.25, -0.2) is 8.42 Å². The molecule has 1 heterocycles. The molecule has 0 saturated carbocycles. The van der Waals surface area contributed by atoms with Gasteiger partial charge in [0.15, 0.2) is 0 Å². The quantitative estimate of drug-likeness (QED) is 0.640. The van der Waals surface area contributed by atoms with Gasteiger partial charge in [-0.05, 0) is 59.5 Å². The average Bonchev–Trinajstić information content (AvgIpc) is 2.79. The van der Waals surface area contributed by atoms with Crippen molar-refractivity contribution in [3.05, 3.63) is 89.5 Å². The van der Waals surface area contributed by atoms with Crippen LogP contribution >= 0.6 is 0 Å². The van der Waals surface area contributed by atoms with E-state index in [1.54, 1.807) is 37.4 Å². The number of carbonyl (C=O) groups is 1. The Labute approximate surface area is 182 Å². The summed E-state index contributed by atoms with van der Waals surface area (Å²) >= 11 is 0. The molecule has 1 N–H and O–H groups in total. The number of anilines is 1. The van der Waals surface area contributed by atoms with Gasteiger partial charge in [-0.15, -0.1) is 0 Å². The monoisotopic (exact) mass is 436 g/mol. The van der Waals surface area contributed by atoms with E-state index in [9.17, 15) is 13.2 Å². The number of benzene rings is 3. The second kappa shape index (κ2) is 8.91. The molecule has 31 heavy (non-hydrogen) atoms. The van der Waals surface area contributed by atoms with Crippen molar-refractivity contribution in [1.29, 1.82) is 0 Å². The molecule has 0 bridgehead atoms. The third-order valence-corrected chi connectivity index (χ3v) is 7.23. The van der Waals surface area contributed by atoms with Gasteiger partial charge in [0.25, 0.3) is 0 Å². The van der Waals surface area contributed by atoms with Crippen LogP contribution in [0.15, 0.2) is 77.7 Å². The molecule has 3 aromatic carbocycles. The molecule has 1 aliphatic heterocycles. The Morgan fingerprint density at radius 1 is 1.00 bits per heavy atom. The topological polar surface area (TPSA) is 75.7 Å². The van der Waals surface area contributed by atoms with Gasteiger partial charge in [-0.3, -0.25) is 4.79 Å². The number of nitrogens with zero attached hydrogens (tertiary/aromatic N) is 1. The Morgan fingerprint density at radius 2 is 1.74 bits per heavy atom. The summed E-state index contributed by atoms with van der Waals surface area (Å²) in [4.78, 5) is 12.8. The summed E-state index contributed by atoms with van der Waals surface area (Å²) in [6.07, 6.45) is 0.886. The zero-order valence-corrected chi connectivity index (χ0v) is 18.1. The first kappa shape index (κ1) is 21.1. The fraction of sp³-hybridized carbons (Fsp3) is 0.208. The van der Waals surface area contributed by atoms with Crippen molar-refractivity contribution in [3.63, 3.8) is 0 Å². The number of amides is 1. The second-order valence-electron chi connectivity index (χ2n) is 7.46.